The summed E-state index contributed by atoms with van der Waals surface area (Å²) in [5, 5.41) is 11.4. The Bertz CT molecular complexity index is 1190. The number of ether oxygens (including phenoxy) is 4. The highest BCUT2D eigenvalue weighted by molar-refractivity contribution is 6.14. The number of Topliss-reactive ketones (excluding diaryl/α,β-unsaturated/α-hetero) is 1. The van der Waals surface area contributed by atoms with Gasteiger partial charge >= 0.3 is 5.97 Å². The van der Waals surface area contributed by atoms with E-state index in [0.717, 1.165) is 0 Å². The van der Waals surface area contributed by atoms with Gasteiger partial charge in [0.15, 0.2) is 12.4 Å². The summed E-state index contributed by atoms with van der Waals surface area (Å²) in [7, 11) is 3.03. The number of amides is 2. The van der Waals surface area contributed by atoms with Crippen LogP contribution in [0.25, 0.3) is 6.08 Å². The number of methoxy groups -OCH3 is 2. The molecule has 1 atom stereocenters. The summed E-state index contributed by atoms with van der Waals surface area (Å²) >= 11 is 0. The number of primary amides is 1. The van der Waals surface area contributed by atoms with Crippen molar-refractivity contribution in [2.75, 3.05) is 20.8 Å². The van der Waals surface area contributed by atoms with Crippen LogP contribution in [-0.2, 0) is 14.4 Å². The molecule has 0 unspecified atom stereocenters. The molecule has 11 heteroatoms. The van der Waals surface area contributed by atoms with E-state index in [1.54, 1.807) is 24.3 Å². The first-order valence-corrected chi connectivity index (χ1v) is 10.5. The molecule has 35 heavy (non-hydrogen) atoms. The average Bonchev–Trinajstić information content (AvgIpc) is 3.14. The highest BCUT2D eigenvalue weighted by Gasteiger charge is 2.28. The highest BCUT2D eigenvalue weighted by Crippen LogP contribution is 2.36. The number of carboxylic acids is 1. The van der Waals surface area contributed by atoms with E-state index in [2.05, 4.69) is 5.32 Å². The van der Waals surface area contributed by atoms with Gasteiger partial charge < -0.3 is 35.1 Å². The second-order valence-electron chi connectivity index (χ2n) is 7.46. The summed E-state index contributed by atoms with van der Waals surface area (Å²) in [4.78, 5) is 46.9. The van der Waals surface area contributed by atoms with Gasteiger partial charge in [0.25, 0.3) is 5.91 Å². The summed E-state index contributed by atoms with van der Waals surface area (Å²) in [6, 6.07) is 8.30. The third kappa shape index (κ3) is 6.28. The van der Waals surface area contributed by atoms with Crippen molar-refractivity contribution in [3.8, 4) is 23.0 Å². The topological polar surface area (TPSA) is 163 Å². The Hall–Kier alpha value is -4.54. The second-order valence-corrected chi connectivity index (χ2v) is 7.46. The second kappa shape index (κ2) is 11.1. The maximum atomic E-state index is 12.7. The molecule has 2 aromatic rings. The number of ketones is 1. The van der Waals surface area contributed by atoms with Crippen LogP contribution in [0.4, 0.5) is 0 Å². The number of rotatable bonds is 11. The smallest absolute Gasteiger partial charge is 0.326 e. The lowest BCUT2D eigenvalue weighted by atomic mass is 10.1. The molecule has 0 saturated carbocycles. The van der Waals surface area contributed by atoms with Gasteiger partial charge in [-0.15, -0.1) is 0 Å². The number of carboxylic acid groups (broad SMARTS) is 1. The quantitative estimate of drug-likeness (QED) is 0.401. The van der Waals surface area contributed by atoms with Crippen molar-refractivity contribution in [1.29, 1.82) is 0 Å². The van der Waals surface area contributed by atoms with Gasteiger partial charge in [0.05, 0.1) is 19.8 Å². The maximum absolute atomic E-state index is 12.7. The number of nitrogens with one attached hydrogen (secondary N) is 1. The van der Waals surface area contributed by atoms with Crippen LogP contribution in [0.2, 0.25) is 0 Å². The van der Waals surface area contributed by atoms with Crippen molar-refractivity contribution >= 4 is 29.6 Å². The fourth-order valence-corrected chi connectivity index (χ4v) is 3.26. The Balaban J connectivity index is 1.66. The van der Waals surface area contributed by atoms with Gasteiger partial charge in [-0.25, -0.2) is 4.79 Å². The third-order valence-corrected chi connectivity index (χ3v) is 5.05. The predicted octanol–water partition coefficient (Wildman–Crippen LogP) is 1.53. The first-order chi connectivity index (χ1) is 16.7. The van der Waals surface area contributed by atoms with E-state index in [-0.39, 0.29) is 35.9 Å². The summed E-state index contributed by atoms with van der Waals surface area (Å²) in [6.07, 6.45) is 1.22. The number of benzene rings is 2. The summed E-state index contributed by atoms with van der Waals surface area (Å²) in [6.45, 7) is -0.487. The Morgan fingerprint density at radius 2 is 1.86 bits per heavy atom. The number of hydrogen-bond donors (Lipinski definition) is 3. The van der Waals surface area contributed by atoms with Crippen LogP contribution in [0.3, 0.4) is 0 Å². The van der Waals surface area contributed by atoms with Gasteiger partial charge in [0.1, 0.15) is 29.0 Å². The van der Waals surface area contributed by atoms with Crippen LogP contribution in [0.5, 0.6) is 23.0 Å². The lowest BCUT2D eigenvalue weighted by molar-refractivity contribution is -0.142. The molecule has 2 amide bonds. The van der Waals surface area contributed by atoms with Crippen molar-refractivity contribution in [2.24, 2.45) is 5.73 Å². The van der Waals surface area contributed by atoms with Crippen LogP contribution in [0.1, 0.15) is 28.8 Å². The van der Waals surface area contributed by atoms with Crippen molar-refractivity contribution in [2.45, 2.75) is 18.9 Å². The third-order valence-electron chi connectivity index (χ3n) is 5.05. The first-order valence-electron chi connectivity index (χ1n) is 10.5. The van der Waals surface area contributed by atoms with Crippen molar-refractivity contribution < 1.29 is 43.2 Å². The fraction of sp³-hybridized carbons (Fsp3) is 0.250. The zero-order valence-electron chi connectivity index (χ0n) is 19.0. The summed E-state index contributed by atoms with van der Waals surface area (Å²) < 4.78 is 21.6. The number of hydrogen-bond acceptors (Lipinski definition) is 8. The molecule has 184 valence electrons. The van der Waals surface area contributed by atoms with Crippen LogP contribution >= 0.6 is 0 Å². The Kier molecular flexibility index (Phi) is 7.92. The van der Waals surface area contributed by atoms with Gasteiger partial charge in [-0.2, -0.15) is 0 Å². The van der Waals surface area contributed by atoms with E-state index in [1.807, 2.05) is 0 Å². The molecule has 0 fully saturated rings. The van der Waals surface area contributed by atoms with Crippen LogP contribution in [0.15, 0.2) is 42.2 Å². The van der Waals surface area contributed by atoms with Gasteiger partial charge in [-0.1, -0.05) is 0 Å². The van der Waals surface area contributed by atoms with Crippen LogP contribution in [-0.4, -0.2) is 55.5 Å². The SMILES string of the molecule is COc1ccc(C=C2Oc3cc(OCC(=O)N[C@@H](CCC(N)=O)C(=O)O)ccc3C2=O)c(OC)c1. The van der Waals surface area contributed by atoms with E-state index in [0.29, 0.717) is 22.6 Å². The number of carbonyl (C=O) groups is 4. The van der Waals surface area contributed by atoms with E-state index in [4.69, 9.17) is 29.8 Å². The number of nitrogens with two attached hydrogens (primary N) is 1. The summed E-state index contributed by atoms with van der Waals surface area (Å²) in [5.74, 6) is -1.35. The normalized spacial score (nSPS) is 14.0. The van der Waals surface area contributed by atoms with E-state index in [9.17, 15) is 19.2 Å². The number of carbonyl (C=O) groups excluding carboxylic acids is 3. The van der Waals surface area contributed by atoms with E-state index < -0.39 is 30.4 Å². The molecule has 11 nitrogen and oxygen atoms in total. The van der Waals surface area contributed by atoms with Crippen LogP contribution in [0, 0.1) is 0 Å². The minimum Gasteiger partial charge on any atom is -0.497 e. The zero-order valence-corrected chi connectivity index (χ0v) is 19.0. The lowest BCUT2D eigenvalue weighted by Gasteiger charge is -2.14. The van der Waals surface area contributed by atoms with Crippen LogP contribution < -0.4 is 30.0 Å². The Morgan fingerprint density at radius 3 is 2.51 bits per heavy atom. The molecule has 0 saturated heterocycles. The molecule has 0 bridgehead atoms. The van der Waals surface area contributed by atoms with Crippen molar-refractivity contribution in [3.63, 3.8) is 0 Å². The van der Waals surface area contributed by atoms with Gasteiger partial charge in [-0.3, -0.25) is 14.4 Å². The van der Waals surface area contributed by atoms with Gasteiger partial charge in [-0.05, 0) is 36.8 Å². The first kappa shape index (κ1) is 25.1. The summed E-state index contributed by atoms with van der Waals surface area (Å²) in [5.41, 5.74) is 5.95. The fourth-order valence-electron chi connectivity index (χ4n) is 3.26. The molecule has 0 aliphatic carbocycles. The number of aliphatic carboxylic acids is 1. The van der Waals surface area contributed by atoms with E-state index >= 15 is 0 Å². The Morgan fingerprint density at radius 1 is 1.11 bits per heavy atom. The zero-order chi connectivity index (χ0) is 25.5. The molecule has 1 heterocycles. The molecule has 0 spiro atoms. The van der Waals surface area contributed by atoms with Gasteiger partial charge in [0, 0.05) is 24.1 Å². The monoisotopic (exact) mass is 484 g/mol. The molecular formula is C24H24N2O9. The molecule has 0 radical (unpaired) electrons. The minimum atomic E-state index is -1.29. The highest BCUT2D eigenvalue weighted by atomic mass is 16.5. The molecule has 0 aromatic heterocycles. The molecule has 1 aliphatic rings. The van der Waals surface area contributed by atoms with Crippen molar-refractivity contribution in [3.05, 3.63) is 53.3 Å². The largest absolute Gasteiger partial charge is 0.497 e. The van der Waals surface area contributed by atoms with E-state index in [1.165, 1.54) is 32.4 Å². The molecule has 3 rings (SSSR count). The minimum absolute atomic E-state index is 0.0807. The molecular weight excluding hydrogens is 460 g/mol. The number of allylic oxidation sites excluding steroid dienone is 1. The maximum Gasteiger partial charge on any atom is 0.326 e. The standard InChI is InChI=1S/C24H24N2O9/c1-32-14-4-3-13(18(10-14)33-2)9-20-23(29)16-6-5-15(11-19(16)35-20)34-12-22(28)26-17(24(30)31)7-8-21(25)27/h3-6,9-11,17H,7-8,12H2,1-2H3,(H2,25,27)(H,26,28)(H,30,31)/t17-/m0/s1. The molecule has 4 N–H and O–H groups in total. The molecule has 2 aromatic carbocycles. The Labute approximate surface area is 200 Å². The molecule has 1 aliphatic heterocycles. The number of fused-ring (bicyclic) bond motifs is 1. The average molecular weight is 484 g/mol. The lowest BCUT2D eigenvalue weighted by Crippen LogP contribution is -2.43. The predicted molar refractivity (Wildman–Crippen MR) is 122 cm³/mol. The van der Waals surface area contributed by atoms with Gasteiger partial charge in [0.2, 0.25) is 11.7 Å². The van der Waals surface area contributed by atoms with Crippen molar-refractivity contribution in [1.82, 2.24) is 5.32 Å².